The van der Waals surface area contributed by atoms with Crippen LogP contribution in [0.3, 0.4) is 0 Å². The van der Waals surface area contributed by atoms with Gasteiger partial charge in [-0.25, -0.2) is 0 Å². The van der Waals surface area contributed by atoms with Gasteiger partial charge in [-0.3, -0.25) is 9.69 Å². The van der Waals surface area contributed by atoms with Crippen LogP contribution in [-0.4, -0.2) is 36.1 Å². The van der Waals surface area contributed by atoms with E-state index in [2.05, 4.69) is 19.7 Å². The molecule has 17 heavy (non-hydrogen) atoms. The van der Waals surface area contributed by atoms with Crippen LogP contribution in [0.1, 0.15) is 20.3 Å². The Bertz CT molecular complexity index is 276. The zero-order chi connectivity index (χ0) is 13.3. The highest BCUT2D eigenvalue weighted by Crippen LogP contribution is 2.22. The van der Waals surface area contributed by atoms with E-state index in [1.807, 2.05) is 11.8 Å². The van der Waals surface area contributed by atoms with Crippen LogP contribution in [0.2, 0.25) is 0 Å². The molecule has 3 heteroatoms. The van der Waals surface area contributed by atoms with E-state index in [-0.39, 0.29) is 5.97 Å². The Hall–Kier alpha value is -1.35. The molecule has 0 amide bonds. The lowest BCUT2D eigenvalue weighted by Crippen LogP contribution is -2.53. The number of nitrogens with zero attached hydrogens (tertiary/aromatic N) is 1. The molecule has 0 bridgehead atoms. The summed E-state index contributed by atoms with van der Waals surface area (Å²) in [5.74, 6) is -0.233. The third kappa shape index (κ3) is 4.19. The molecule has 0 fully saturated rings. The van der Waals surface area contributed by atoms with Crippen molar-refractivity contribution >= 4 is 5.97 Å². The Balaban J connectivity index is 5.08. The molecule has 0 spiro atoms. The molecule has 0 aliphatic heterocycles. The molecule has 3 nitrogen and oxygen atoms in total. The average molecular weight is 237 g/mol. The Morgan fingerprint density at radius 1 is 1.24 bits per heavy atom. The van der Waals surface area contributed by atoms with Gasteiger partial charge in [0.2, 0.25) is 0 Å². The topological polar surface area (TPSA) is 29.5 Å². The molecular formula is C14H23NO2. The molecule has 1 unspecified atom stereocenters. The van der Waals surface area contributed by atoms with Crippen LogP contribution in [0, 0.1) is 0 Å². The van der Waals surface area contributed by atoms with Gasteiger partial charge in [0.15, 0.2) is 0 Å². The van der Waals surface area contributed by atoms with Crippen molar-refractivity contribution in [1.82, 2.24) is 4.90 Å². The van der Waals surface area contributed by atoms with E-state index < -0.39 is 5.54 Å². The summed E-state index contributed by atoms with van der Waals surface area (Å²) in [7, 11) is 0. The van der Waals surface area contributed by atoms with Gasteiger partial charge in [0.1, 0.15) is 5.54 Å². The molecule has 0 aromatic carbocycles. The maximum absolute atomic E-state index is 12.1. The van der Waals surface area contributed by atoms with Crippen LogP contribution in [0.25, 0.3) is 0 Å². The van der Waals surface area contributed by atoms with Gasteiger partial charge in [-0.2, -0.15) is 0 Å². The van der Waals surface area contributed by atoms with Gasteiger partial charge in [-0.15, -0.1) is 19.7 Å². The molecule has 0 saturated carbocycles. The molecule has 0 N–H and O–H groups in total. The monoisotopic (exact) mass is 237 g/mol. The normalized spacial score (nSPS) is 13.8. The standard InChI is InChI=1S/C14H23NO2/c1-6-10-14(5,13(16)17-9-4)15(11-7-2)12-8-3/h6-8H,1-3,9-12H2,4-5H3. The van der Waals surface area contributed by atoms with E-state index in [9.17, 15) is 4.79 Å². The lowest BCUT2D eigenvalue weighted by Gasteiger charge is -2.37. The van der Waals surface area contributed by atoms with Crippen LogP contribution in [0.4, 0.5) is 0 Å². The summed E-state index contributed by atoms with van der Waals surface area (Å²) in [4.78, 5) is 14.0. The van der Waals surface area contributed by atoms with E-state index in [0.717, 1.165) is 0 Å². The fourth-order valence-corrected chi connectivity index (χ4v) is 1.70. The number of rotatable bonds is 9. The highest BCUT2D eigenvalue weighted by Gasteiger charge is 2.38. The first-order valence-electron chi connectivity index (χ1n) is 5.81. The molecule has 0 aliphatic rings. The minimum atomic E-state index is -0.708. The molecule has 0 aromatic heterocycles. The Morgan fingerprint density at radius 2 is 1.76 bits per heavy atom. The van der Waals surface area contributed by atoms with Crippen molar-refractivity contribution in [3.05, 3.63) is 38.0 Å². The maximum Gasteiger partial charge on any atom is 0.326 e. The van der Waals surface area contributed by atoms with E-state index in [1.54, 1.807) is 25.2 Å². The van der Waals surface area contributed by atoms with Gasteiger partial charge < -0.3 is 4.74 Å². The van der Waals surface area contributed by atoms with Crippen LogP contribution in [-0.2, 0) is 9.53 Å². The first-order chi connectivity index (χ1) is 8.06. The average Bonchev–Trinajstić information content (AvgIpc) is 2.29. The van der Waals surface area contributed by atoms with Gasteiger partial charge in [0, 0.05) is 13.1 Å². The zero-order valence-corrected chi connectivity index (χ0v) is 10.9. The van der Waals surface area contributed by atoms with Crippen molar-refractivity contribution in [3.63, 3.8) is 0 Å². The summed E-state index contributed by atoms with van der Waals surface area (Å²) in [6.07, 6.45) is 5.80. The van der Waals surface area contributed by atoms with Crippen LogP contribution >= 0.6 is 0 Å². The number of carbonyl (C=O) groups is 1. The third-order valence-corrected chi connectivity index (χ3v) is 2.65. The van der Waals surface area contributed by atoms with E-state index in [4.69, 9.17) is 4.74 Å². The summed E-state index contributed by atoms with van der Waals surface area (Å²) in [6, 6.07) is 0. The first kappa shape index (κ1) is 15.7. The quantitative estimate of drug-likeness (QED) is 0.456. The third-order valence-electron chi connectivity index (χ3n) is 2.65. The number of esters is 1. The largest absolute Gasteiger partial charge is 0.465 e. The summed E-state index contributed by atoms with van der Waals surface area (Å²) in [5.41, 5.74) is -0.708. The highest BCUT2D eigenvalue weighted by atomic mass is 16.5. The number of ether oxygens (including phenoxy) is 1. The summed E-state index contributed by atoms with van der Waals surface area (Å²) in [5, 5.41) is 0. The van der Waals surface area contributed by atoms with E-state index in [1.165, 1.54) is 0 Å². The van der Waals surface area contributed by atoms with Crippen LogP contribution in [0.15, 0.2) is 38.0 Å². The van der Waals surface area contributed by atoms with Crippen molar-refractivity contribution in [1.29, 1.82) is 0 Å². The number of hydrogen-bond acceptors (Lipinski definition) is 3. The first-order valence-corrected chi connectivity index (χ1v) is 5.81. The highest BCUT2D eigenvalue weighted by molar-refractivity contribution is 5.80. The molecule has 0 heterocycles. The van der Waals surface area contributed by atoms with Crippen molar-refractivity contribution in [3.8, 4) is 0 Å². The lowest BCUT2D eigenvalue weighted by molar-refractivity contribution is -0.156. The van der Waals surface area contributed by atoms with Crippen molar-refractivity contribution in [2.24, 2.45) is 0 Å². The van der Waals surface area contributed by atoms with Gasteiger partial charge in [0.05, 0.1) is 6.61 Å². The Morgan fingerprint density at radius 3 is 2.12 bits per heavy atom. The fourth-order valence-electron chi connectivity index (χ4n) is 1.70. The lowest BCUT2D eigenvalue weighted by atomic mass is 9.95. The smallest absolute Gasteiger partial charge is 0.326 e. The molecule has 0 aliphatic carbocycles. The van der Waals surface area contributed by atoms with Crippen molar-refractivity contribution in [2.45, 2.75) is 25.8 Å². The second-order valence-electron chi connectivity index (χ2n) is 3.97. The minimum absolute atomic E-state index is 0.233. The molecule has 0 rings (SSSR count). The van der Waals surface area contributed by atoms with Crippen molar-refractivity contribution in [2.75, 3.05) is 19.7 Å². The molecule has 0 radical (unpaired) electrons. The Labute approximate surface area is 104 Å². The minimum Gasteiger partial charge on any atom is -0.465 e. The van der Waals surface area contributed by atoms with Gasteiger partial charge in [-0.1, -0.05) is 18.2 Å². The second-order valence-corrected chi connectivity index (χ2v) is 3.97. The molecular weight excluding hydrogens is 214 g/mol. The molecule has 1 atom stereocenters. The Kier molecular flexibility index (Phi) is 7.22. The SMILES string of the molecule is C=CCN(CC=C)C(C)(CC=C)C(=O)OCC. The summed E-state index contributed by atoms with van der Waals surface area (Å²) >= 11 is 0. The van der Waals surface area contributed by atoms with Gasteiger partial charge in [0.25, 0.3) is 0 Å². The molecule has 0 saturated heterocycles. The van der Waals surface area contributed by atoms with Crippen LogP contribution in [0.5, 0.6) is 0 Å². The molecule has 96 valence electrons. The maximum atomic E-state index is 12.1. The van der Waals surface area contributed by atoms with Gasteiger partial charge >= 0.3 is 5.97 Å². The predicted octanol–water partition coefficient (Wildman–Crippen LogP) is 2.56. The predicted molar refractivity (Wildman–Crippen MR) is 71.8 cm³/mol. The van der Waals surface area contributed by atoms with Crippen LogP contribution < -0.4 is 0 Å². The number of carbonyl (C=O) groups excluding carboxylic acids is 1. The summed E-state index contributed by atoms with van der Waals surface area (Å²) in [6.45, 7) is 16.4. The fraction of sp³-hybridized carbons (Fsp3) is 0.500. The molecule has 0 aromatic rings. The zero-order valence-electron chi connectivity index (χ0n) is 10.9. The van der Waals surface area contributed by atoms with E-state index in [0.29, 0.717) is 26.1 Å². The summed E-state index contributed by atoms with van der Waals surface area (Å²) < 4.78 is 5.14. The number of hydrogen-bond donors (Lipinski definition) is 0. The second kappa shape index (κ2) is 7.85. The van der Waals surface area contributed by atoms with E-state index >= 15 is 0 Å². The van der Waals surface area contributed by atoms with Crippen molar-refractivity contribution < 1.29 is 9.53 Å². The van der Waals surface area contributed by atoms with Gasteiger partial charge in [-0.05, 0) is 20.3 Å².